The van der Waals surface area contributed by atoms with Crippen molar-refractivity contribution in [1.29, 1.82) is 5.26 Å². The van der Waals surface area contributed by atoms with Crippen LogP contribution in [0.3, 0.4) is 0 Å². The lowest BCUT2D eigenvalue weighted by Crippen LogP contribution is -2.33. The zero-order valence-corrected chi connectivity index (χ0v) is 16.1. The molecule has 2 aromatic carbocycles. The summed E-state index contributed by atoms with van der Waals surface area (Å²) in [6.45, 7) is 1.72. The topological polar surface area (TPSA) is 157 Å². The Morgan fingerprint density at radius 3 is 2.65 bits per heavy atom. The van der Waals surface area contributed by atoms with E-state index in [9.17, 15) is 20.2 Å². The van der Waals surface area contributed by atoms with Gasteiger partial charge in [0.25, 0.3) is 5.69 Å². The molecule has 10 heteroatoms. The molecule has 0 radical (unpaired) electrons. The molecule has 10 nitrogen and oxygen atoms in total. The van der Waals surface area contributed by atoms with Crippen molar-refractivity contribution in [3.05, 3.63) is 86.6 Å². The molecule has 0 spiro atoms. The first-order valence-electron chi connectivity index (χ1n) is 9.07. The van der Waals surface area contributed by atoms with Crippen LogP contribution in [0.4, 0.5) is 5.69 Å². The van der Waals surface area contributed by atoms with Crippen molar-refractivity contribution in [3.8, 4) is 17.6 Å². The molecule has 0 saturated carbocycles. The van der Waals surface area contributed by atoms with Gasteiger partial charge in [0.1, 0.15) is 6.07 Å². The van der Waals surface area contributed by atoms with Crippen molar-refractivity contribution >= 4 is 17.2 Å². The van der Waals surface area contributed by atoms with Gasteiger partial charge < -0.3 is 9.84 Å². The van der Waals surface area contributed by atoms with Gasteiger partial charge in [0.05, 0.1) is 33.0 Å². The highest BCUT2D eigenvalue weighted by atomic mass is 16.6. The second kappa shape index (κ2) is 7.40. The number of nitro benzene ring substituents is 1. The van der Waals surface area contributed by atoms with Crippen LogP contribution in [0.5, 0.6) is 5.88 Å². The van der Waals surface area contributed by atoms with E-state index >= 15 is 0 Å². The lowest BCUT2D eigenvalue weighted by molar-refractivity contribution is -0.384. The first kappa shape index (κ1) is 19.8. The van der Waals surface area contributed by atoms with Gasteiger partial charge in [0.2, 0.25) is 5.88 Å². The van der Waals surface area contributed by atoms with Crippen LogP contribution in [-0.4, -0.2) is 32.0 Å². The van der Waals surface area contributed by atoms with E-state index in [2.05, 4.69) is 5.10 Å². The molecule has 0 amide bonds. The normalized spacial score (nSPS) is 15.1. The minimum atomic E-state index is -1.11. The highest BCUT2D eigenvalue weighted by Crippen LogP contribution is 2.42. The summed E-state index contributed by atoms with van der Waals surface area (Å²) in [5.41, 5.74) is 8.58. The predicted molar refractivity (Wildman–Crippen MR) is 109 cm³/mol. The van der Waals surface area contributed by atoms with Crippen LogP contribution in [0, 0.1) is 28.4 Å². The van der Waals surface area contributed by atoms with Crippen LogP contribution in [0.2, 0.25) is 0 Å². The van der Waals surface area contributed by atoms with Gasteiger partial charge in [0, 0.05) is 17.7 Å². The van der Waals surface area contributed by atoms with E-state index in [0.717, 1.165) is 0 Å². The summed E-state index contributed by atoms with van der Waals surface area (Å²) < 4.78 is 7.26. The summed E-state index contributed by atoms with van der Waals surface area (Å²) in [6.07, 6.45) is -1.11. The van der Waals surface area contributed by atoms with Gasteiger partial charge in [-0.2, -0.15) is 10.4 Å². The molecular formula is C21H15N5O5. The van der Waals surface area contributed by atoms with Crippen molar-refractivity contribution in [2.45, 2.75) is 13.2 Å². The molecule has 0 aliphatic carbocycles. The quantitative estimate of drug-likeness (QED) is 0.484. The molecule has 1 aliphatic heterocycles. The van der Waals surface area contributed by atoms with Gasteiger partial charge in [-0.05, 0) is 36.8 Å². The van der Waals surface area contributed by atoms with Crippen molar-refractivity contribution in [3.63, 3.8) is 0 Å². The minimum Gasteiger partial charge on any atom is -0.478 e. The fourth-order valence-corrected chi connectivity index (χ4v) is 3.47. The van der Waals surface area contributed by atoms with Crippen LogP contribution in [0.15, 0.2) is 54.1 Å². The minimum absolute atomic E-state index is 0.114. The fourth-order valence-electron chi connectivity index (χ4n) is 3.47. The molecule has 0 bridgehead atoms. The van der Waals surface area contributed by atoms with Gasteiger partial charge in [-0.15, -0.1) is 0 Å². The Hall–Kier alpha value is -4.49. The van der Waals surface area contributed by atoms with E-state index in [0.29, 0.717) is 28.1 Å². The second-order valence-corrected chi connectivity index (χ2v) is 6.78. The predicted octanol–water partition coefficient (Wildman–Crippen LogP) is 2.79. The van der Waals surface area contributed by atoms with Gasteiger partial charge in [0.15, 0.2) is 6.23 Å². The summed E-state index contributed by atoms with van der Waals surface area (Å²) in [6, 6.07) is 14.0. The third-order valence-electron chi connectivity index (χ3n) is 4.89. The number of rotatable bonds is 4. The van der Waals surface area contributed by atoms with Gasteiger partial charge in [-0.25, -0.2) is 9.48 Å². The number of fused-ring (bicyclic) bond motifs is 1. The molecule has 1 aliphatic rings. The number of non-ortho nitro benzene ring substituents is 1. The number of benzene rings is 2. The molecule has 0 fully saturated rings. The summed E-state index contributed by atoms with van der Waals surface area (Å²) in [5, 5.41) is 34.5. The maximum Gasteiger partial charge on any atom is 0.335 e. The number of nitrogens with zero attached hydrogens (tertiary/aromatic N) is 4. The first-order chi connectivity index (χ1) is 14.8. The maximum atomic E-state index is 11.2. The molecular weight excluding hydrogens is 402 g/mol. The number of carboxylic acids is 1. The number of aromatic nitrogens is 2. The number of carbonyl (C=O) groups is 1. The molecule has 1 unspecified atom stereocenters. The Kier molecular flexibility index (Phi) is 4.73. The van der Waals surface area contributed by atoms with Crippen molar-refractivity contribution in [2.75, 3.05) is 0 Å². The number of ether oxygens (including phenoxy) is 1. The van der Waals surface area contributed by atoms with E-state index in [1.165, 1.54) is 35.0 Å². The second-order valence-electron chi connectivity index (χ2n) is 6.78. The maximum absolute atomic E-state index is 11.2. The van der Waals surface area contributed by atoms with Crippen molar-refractivity contribution < 1.29 is 19.6 Å². The molecule has 1 aromatic heterocycles. The largest absolute Gasteiger partial charge is 0.478 e. The zero-order valence-electron chi connectivity index (χ0n) is 16.1. The third-order valence-corrected chi connectivity index (χ3v) is 4.89. The molecule has 1 atom stereocenters. The summed E-state index contributed by atoms with van der Waals surface area (Å²) in [4.78, 5) is 21.9. The van der Waals surface area contributed by atoms with Crippen LogP contribution in [0.25, 0.3) is 11.3 Å². The van der Waals surface area contributed by atoms with Crippen LogP contribution >= 0.6 is 0 Å². The van der Waals surface area contributed by atoms with Gasteiger partial charge in [-0.3, -0.25) is 15.8 Å². The Labute approximate surface area is 175 Å². The Morgan fingerprint density at radius 2 is 2.03 bits per heavy atom. The van der Waals surface area contributed by atoms with Crippen molar-refractivity contribution in [2.24, 2.45) is 5.73 Å². The summed E-state index contributed by atoms with van der Waals surface area (Å²) >= 11 is 0. The third kappa shape index (κ3) is 3.29. The number of nitriles is 1. The number of nitrogens with two attached hydrogens (primary N) is 1. The molecule has 2 heterocycles. The monoisotopic (exact) mass is 417 g/mol. The number of aromatic carboxylic acids is 1. The fraction of sp³-hybridized carbons (Fsp3) is 0.0952. The number of carboxylic acid groups (broad SMARTS) is 1. The van der Waals surface area contributed by atoms with Crippen molar-refractivity contribution in [1.82, 2.24) is 9.78 Å². The van der Waals surface area contributed by atoms with Crippen LogP contribution in [0.1, 0.15) is 27.2 Å². The number of nitro groups is 1. The number of hydrogen-bond acceptors (Lipinski definition) is 7. The Bertz CT molecular complexity index is 1300. The molecule has 0 saturated heterocycles. The average molecular weight is 417 g/mol. The smallest absolute Gasteiger partial charge is 0.335 e. The Balaban J connectivity index is 1.93. The van der Waals surface area contributed by atoms with E-state index in [1.807, 2.05) is 6.07 Å². The van der Waals surface area contributed by atoms with Gasteiger partial charge in [-0.1, -0.05) is 12.1 Å². The number of hydrogen-bond donors (Lipinski definition) is 2. The first-order valence-corrected chi connectivity index (χ1v) is 9.07. The van der Waals surface area contributed by atoms with Gasteiger partial charge >= 0.3 is 5.97 Å². The summed E-state index contributed by atoms with van der Waals surface area (Å²) in [7, 11) is 0. The van der Waals surface area contributed by atoms with E-state index in [-0.39, 0.29) is 22.7 Å². The van der Waals surface area contributed by atoms with Crippen LogP contribution < -0.4 is 10.5 Å². The zero-order chi connectivity index (χ0) is 22.3. The van der Waals surface area contributed by atoms with E-state index < -0.39 is 17.1 Å². The SMILES string of the molecule is Cc1nn(-c2ccc(C(=O)O)cc2)c2c1C(c1cccc([N+](=O)[O-])c1)=C(C#N)C(N)O2. The molecule has 31 heavy (non-hydrogen) atoms. The highest BCUT2D eigenvalue weighted by molar-refractivity contribution is 5.90. The van der Waals surface area contributed by atoms with E-state index in [1.54, 1.807) is 25.1 Å². The molecule has 4 rings (SSSR count). The Morgan fingerprint density at radius 1 is 1.32 bits per heavy atom. The lowest BCUT2D eigenvalue weighted by Gasteiger charge is -2.24. The summed E-state index contributed by atoms with van der Waals surface area (Å²) in [5.74, 6) is -0.799. The van der Waals surface area contributed by atoms with E-state index in [4.69, 9.17) is 15.6 Å². The molecule has 3 aromatic rings. The lowest BCUT2D eigenvalue weighted by atomic mass is 9.91. The molecule has 154 valence electrons. The highest BCUT2D eigenvalue weighted by Gasteiger charge is 2.33. The number of aryl methyl sites for hydroxylation is 1. The van der Waals surface area contributed by atoms with Crippen LogP contribution in [-0.2, 0) is 0 Å². The molecule has 3 N–H and O–H groups in total. The standard InChI is InChI=1S/C21H15N5O5/c1-11-17-18(13-3-2-4-15(9-13)26(29)30)16(10-22)19(23)31-20(17)25(24-11)14-7-5-12(6-8-14)21(27)28/h2-9,19H,23H2,1H3,(H,27,28). The average Bonchev–Trinajstić information content (AvgIpc) is 3.08.